The molecule has 1 heterocycles. The van der Waals surface area contributed by atoms with Crippen molar-refractivity contribution in [2.75, 3.05) is 0 Å². The molecule has 118 valence electrons. The smallest absolute Gasteiger partial charge is 0.132 e. The quantitative estimate of drug-likeness (QED) is 0.555. The van der Waals surface area contributed by atoms with E-state index in [4.69, 9.17) is 0 Å². The van der Waals surface area contributed by atoms with Crippen molar-refractivity contribution < 1.29 is 9.59 Å². The van der Waals surface area contributed by atoms with E-state index in [0.717, 1.165) is 44.3 Å². The Morgan fingerprint density at radius 1 is 1.00 bits per heavy atom. The number of carbonyl (C=O) groups excluding carboxylic acids is 2. The van der Waals surface area contributed by atoms with Crippen LogP contribution in [0.4, 0.5) is 0 Å². The van der Waals surface area contributed by atoms with Crippen molar-refractivity contribution in [1.29, 1.82) is 0 Å². The number of ketones is 2. The highest BCUT2D eigenvalue weighted by molar-refractivity contribution is 5.78. The van der Waals surface area contributed by atoms with Gasteiger partial charge in [0.2, 0.25) is 0 Å². The average molecular weight is 293 g/mol. The lowest BCUT2D eigenvalue weighted by Crippen LogP contribution is -2.01. The van der Waals surface area contributed by atoms with Crippen molar-refractivity contribution in [2.45, 2.75) is 78.2 Å². The molecule has 0 saturated heterocycles. The molecule has 0 fully saturated rings. The van der Waals surface area contributed by atoms with Gasteiger partial charge in [0, 0.05) is 38.4 Å². The first-order valence-electron chi connectivity index (χ1n) is 8.08. The van der Waals surface area contributed by atoms with Gasteiger partial charge < -0.3 is 0 Å². The van der Waals surface area contributed by atoms with Crippen LogP contribution in [0.25, 0.3) is 0 Å². The monoisotopic (exact) mass is 293 g/mol. The molecule has 5 heteroatoms. The molecule has 0 aliphatic rings. The Morgan fingerprint density at radius 2 is 1.62 bits per heavy atom. The molecular formula is C16H27N3O2. The average Bonchev–Trinajstić information content (AvgIpc) is 2.95. The maximum Gasteiger partial charge on any atom is 0.132 e. The Hall–Kier alpha value is -1.52. The van der Waals surface area contributed by atoms with Crippen molar-refractivity contribution in [2.24, 2.45) is 0 Å². The van der Waals surface area contributed by atoms with E-state index in [-0.39, 0.29) is 0 Å². The van der Waals surface area contributed by atoms with Crippen molar-refractivity contribution in [3.63, 3.8) is 0 Å². The summed E-state index contributed by atoms with van der Waals surface area (Å²) >= 11 is 0. The summed E-state index contributed by atoms with van der Waals surface area (Å²) in [5, 5.41) is 8.24. The van der Waals surface area contributed by atoms with Crippen LogP contribution in [0.15, 0.2) is 6.20 Å². The number of nitrogens with zero attached hydrogens (tertiary/aromatic N) is 3. The van der Waals surface area contributed by atoms with E-state index in [0.29, 0.717) is 37.2 Å². The number of carbonyl (C=O) groups is 2. The van der Waals surface area contributed by atoms with E-state index < -0.39 is 0 Å². The Labute approximate surface area is 127 Å². The zero-order valence-corrected chi connectivity index (χ0v) is 13.3. The highest BCUT2D eigenvalue weighted by Gasteiger charge is 2.03. The first kappa shape index (κ1) is 17.5. The van der Waals surface area contributed by atoms with Gasteiger partial charge in [0.15, 0.2) is 0 Å². The molecule has 0 unspecified atom stereocenters. The summed E-state index contributed by atoms with van der Waals surface area (Å²) in [6.07, 6.45) is 9.26. The highest BCUT2D eigenvalue weighted by Crippen LogP contribution is 2.06. The summed E-state index contributed by atoms with van der Waals surface area (Å²) in [5.41, 5.74) is 0.989. The second-order valence-corrected chi connectivity index (χ2v) is 5.42. The molecule has 0 aliphatic carbocycles. The Kier molecular flexibility index (Phi) is 8.55. The summed E-state index contributed by atoms with van der Waals surface area (Å²) in [5.74, 6) is 0.663. The largest absolute Gasteiger partial charge is 0.300 e. The molecule has 1 rings (SSSR count). The normalized spacial score (nSPS) is 10.8. The van der Waals surface area contributed by atoms with E-state index in [1.54, 1.807) is 0 Å². The van der Waals surface area contributed by atoms with Gasteiger partial charge in [-0.3, -0.25) is 14.3 Å². The Morgan fingerprint density at radius 3 is 2.24 bits per heavy atom. The molecule has 1 aromatic rings. The second kappa shape index (κ2) is 10.2. The van der Waals surface area contributed by atoms with Crippen molar-refractivity contribution in [1.82, 2.24) is 15.0 Å². The fourth-order valence-corrected chi connectivity index (χ4v) is 2.14. The van der Waals surface area contributed by atoms with E-state index >= 15 is 0 Å². The maximum absolute atomic E-state index is 11.2. The fourth-order valence-electron chi connectivity index (χ4n) is 2.14. The van der Waals surface area contributed by atoms with Gasteiger partial charge in [-0.1, -0.05) is 19.1 Å². The van der Waals surface area contributed by atoms with Crippen molar-refractivity contribution in [3.05, 3.63) is 11.9 Å². The number of hydrogen-bond donors (Lipinski definition) is 0. The summed E-state index contributed by atoms with van der Waals surface area (Å²) in [6.45, 7) is 4.63. The van der Waals surface area contributed by atoms with E-state index in [2.05, 4.69) is 10.3 Å². The topological polar surface area (TPSA) is 64.8 Å². The number of aromatic nitrogens is 3. The second-order valence-electron chi connectivity index (χ2n) is 5.42. The van der Waals surface area contributed by atoms with Crippen molar-refractivity contribution in [3.8, 4) is 0 Å². The van der Waals surface area contributed by atoms with Gasteiger partial charge in [0.25, 0.3) is 0 Å². The molecule has 0 radical (unpaired) electrons. The number of aryl methyl sites for hydroxylation is 2. The van der Waals surface area contributed by atoms with Gasteiger partial charge in [-0.05, 0) is 32.1 Å². The molecule has 0 aromatic carbocycles. The van der Waals surface area contributed by atoms with Gasteiger partial charge in [-0.25, -0.2) is 0 Å². The standard InChI is InChI=1S/C16H27N3O2/c1-3-15(20)10-6-5-9-14-13-19(18-17-14)12-8-7-11-16(21)4-2/h13H,3-12H2,1-2H3. The molecule has 0 saturated carbocycles. The number of hydrogen-bond acceptors (Lipinski definition) is 4. The molecule has 0 aliphatic heterocycles. The van der Waals surface area contributed by atoms with Crippen LogP contribution >= 0.6 is 0 Å². The lowest BCUT2D eigenvalue weighted by Gasteiger charge is -2.00. The lowest BCUT2D eigenvalue weighted by atomic mass is 10.1. The number of Topliss-reactive ketones (excluding diaryl/α,β-unsaturated/α-hetero) is 2. The summed E-state index contributed by atoms with van der Waals surface area (Å²) in [6, 6.07) is 0. The van der Waals surface area contributed by atoms with E-state index in [1.807, 2.05) is 24.7 Å². The van der Waals surface area contributed by atoms with E-state index in [9.17, 15) is 9.59 Å². The summed E-state index contributed by atoms with van der Waals surface area (Å²) < 4.78 is 1.85. The number of unbranched alkanes of at least 4 members (excludes halogenated alkanes) is 2. The molecule has 0 N–H and O–H groups in total. The maximum atomic E-state index is 11.2. The zero-order chi connectivity index (χ0) is 15.5. The predicted molar refractivity (Wildman–Crippen MR) is 82.0 cm³/mol. The van der Waals surface area contributed by atoms with Crippen LogP contribution in [0.5, 0.6) is 0 Å². The van der Waals surface area contributed by atoms with Gasteiger partial charge in [0.1, 0.15) is 11.6 Å². The fraction of sp³-hybridized carbons (Fsp3) is 0.750. The summed E-state index contributed by atoms with van der Waals surface area (Å²) in [7, 11) is 0. The van der Waals surface area contributed by atoms with E-state index in [1.165, 1.54) is 0 Å². The molecule has 0 amide bonds. The molecule has 5 nitrogen and oxygen atoms in total. The minimum atomic E-state index is 0.330. The SMILES string of the molecule is CCC(=O)CCCCc1cn(CCCCC(=O)CC)nn1. The van der Waals surface area contributed by atoms with Gasteiger partial charge in [-0.2, -0.15) is 0 Å². The third-order valence-corrected chi connectivity index (χ3v) is 3.61. The molecule has 0 spiro atoms. The lowest BCUT2D eigenvalue weighted by molar-refractivity contribution is -0.119. The van der Waals surface area contributed by atoms with Crippen LogP contribution in [0.3, 0.4) is 0 Å². The Balaban J connectivity index is 2.15. The molecule has 0 atom stereocenters. The molecule has 21 heavy (non-hydrogen) atoms. The number of rotatable bonds is 12. The third kappa shape index (κ3) is 7.73. The molecule has 0 bridgehead atoms. The van der Waals surface area contributed by atoms with Gasteiger partial charge in [-0.15, -0.1) is 5.10 Å². The third-order valence-electron chi connectivity index (χ3n) is 3.61. The van der Waals surface area contributed by atoms with Crippen LogP contribution in [0, 0.1) is 0 Å². The van der Waals surface area contributed by atoms with Crippen LogP contribution in [-0.4, -0.2) is 26.6 Å². The minimum absolute atomic E-state index is 0.330. The Bertz CT molecular complexity index is 402. The predicted octanol–water partition coefficient (Wildman–Crippen LogP) is 3.12. The van der Waals surface area contributed by atoms with Crippen LogP contribution in [0.2, 0.25) is 0 Å². The first-order chi connectivity index (χ1) is 10.2. The first-order valence-corrected chi connectivity index (χ1v) is 8.08. The zero-order valence-electron chi connectivity index (χ0n) is 13.3. The van der Waals surface area contributed by atoms with Gasteiger partial charge in [0.05, 0.1) is 5.69 Å². The minimum Gasteiger partial charge on any atom is -0.300 e. The molecular weight excluding hydrogens is 266 g/mol. The van der Waals surface area contributed by atoms with Crippen LogP contribution in [0.1, 0.15) is 70.9 Å². The van der Waals surface area contributed by atoms with Gasteiger partial charge >= 0.3 is 0 Å². The summed E-state index contributed by atoms with van der Waals surface area (Å²) in [4.78, 5) is 22.4. The van der Waals surface area contributed by atoms with Crippen LogP contribution < -0.4 is 0 Å². The van der Waals surface area contributed by atoms with Crippen molar-refractivity contribution >= 4 is 11.6 Å². The van der Waals surface area contributed by atoms with Crippen LogP contribution in [-0.2, 0) is 22.6 Å². The molecule has 1 aromatic heterocycles. The highest BCUT2D eigenvalue weighted by atomic mass is 16.1.